The Labute approximate surface area is 142 Å². The van der Waals surface area contributed by atoms with E-state index in [-0.39, 0.29) is 29.3 Å². The summed E-state index contributed by atoms with van der Waals surface area (Å²) in [4.78, 5) is 26.9. The molecule has 1 aromatic carbocycles. The lowest BCUT2D eigenvalue weighted by atomic mass is 10.0. The molecule has 23 heavy (non-hydrogen) atoms. The van der Waals surface area contributed by atoms with E-state index in [1.165, 1.54) is 19.4 Å². The van der Waals surface area contributed by atoms with Crippen LogP contribution in [0.25, 0.3) is 0 Å². The number of carbonyl (C=O) groups is 2. The summed E-state index contributed by atoms with van der Waals surface area (Å²) in [5, 5.41) is 9.70. The van der Waals surface area contributed by atoms with E-state index in [0.29, 0.717) is 21.9 Å². The third kappa shape index (κ3) is 4.43. The number of halogens is 2. The van der Waals surface area contributed by atoms with E-state index < -0.39 is 5.97 Å². The molecule has 1 aromatic heterocycles. The van der Waals surface area contributed by atoms with Crippen molar-refractivity contribution in [3.8, 4) is 5.75 Å². The maximum atomic E-state index is 12.3. The molecule has 1 heterocycles. The molecule has 0 spiro atoms. The largest absolute Gasteiger partial charge is 0.496 e. The second kappa shape index (κ2) is 7.44. The van der Waals surface area contributed by atoms with Gasteiger partial charge in [0.25, 0.3) is 0 Å². The van der Waals surface area contributed by atoms with Gasteiger partial charge in [-0.2, -0.15) is 0 Å². The maximum absolute atomic E-state index is 12.3. The first kappa shape index (κ1) is 17.2. The highest BCUT2D eigenvalue weighted by Crippen LogP contribution is 2.24. The van der Waals surface area contributed by atoms with E-state index >= 15 is 0 Å². The summed E-state index contributed by atoms with van der Waals surface area (Å²) in [6.45, 7) is 0. The lowest BCUT2D eigenvalue weighted by Crippen LogP contribution is -2.10. The van der Waals surface area contributed by atoms with E-state index in [2.05, 4.69) is 4.98 Å². The van der Waals surface area contributed by atoms with Crippen LogP contribution < -0.4 is 4.74 Å². The molecule has 120 valence electrons. The number of rotatable bonds is 6. The fourth-order valence-corrected chi connectivity index (χ4v) is 2.47. The molecular formula is C16H13Cl2NO4. The van der Waals surface area contributed by atoms with E-state index in [1.807, 2.05) is 0 Å². The second-order valence-corrected chi connectivity index (χ2v) is 5.66. The van der Waals surface area contributed by atoms with Crippen LogP contribution in [0.3, 0.4) is 0 Å². The third-order valence-electron chi connectivity index (χ3n) is 3.17. The highest BCUT2D eigenvalue weighted by atomic mass is 35.5. The van der Waals surface area contributed by atoms with Crippen LogP contribution in [-0.4, -0.2) is 29.0 Å². The number of carbonyl (C=O) groups excluding carboxylic acids is 1. The van der Waals surface area contributed by atoms with Crippen molar-refractivity contribution in [1.29, 1.82) is 0 Å². The highest BCUT2D eigenvalue weighted by Gasteiger charge is 2.14. The average molecular weight is 354 g/mol. The van der Waals surface area contributed by atoms with Crippen LogP contribution in [0.2, 0.25) is 10.0 Å². The van der Waals surface area contributed by atoms with Crippen molar-refractivity contribution in [3.05, 3.63) is 57.3 Å². The molecule has 0 radical (unpaired) electrons. The minimum atomic E-state index is -1.17. The molecule has 0 atom stereocenters. The number of Topliss-reactive ketones (excluding diaryl/α,β-unsaturated/α-hetero) is 1. The second-order valence-electron chi connectivity index (χ2n) is 4.81. The summed E-state index contributed by atoms with van der Waals surface area (Å²) in [6.07, 6.45) is 1.33. The molecule has 0 unspecified atom stereocenters. The van der Waals surface area contributed by atoms with Crippen molar-refractivity contribution >= 4 is 35.0 Å². The van der Waals surface area contributed by atoms with Crippen LogP contribution in [0.15, 0.2) is 30.5 Å². The number of carboxylic acid groups (broad SMARTS) is 1. The maximum Gasteiger partial charge on any atom is 0.354 e. The Morgan fingerprint density at radius 2 is 1.87 bits per heavy atom. The third-order valence-corrected chi connectivity index (χ3v) is 3.75. The summed E-state index contributed by atoms with van der Waals surface area (Å²) in [7, 11) is 1.51. The highest BCUT2D eigenvalue weighted by molar-refractivity contribution is 6.31. The molecule has 0 saturated heterocycles. The van der Waals surface area contributed by atoms with Gasteiger partial charge in [-0.3, -0.25) is 4.79 Å². The van der Waals surface area contributed by atoms with Gasteiger partial charge in [0.15, 0.2) is 0 Å². The molecule has 2 rings (SSSR count). The number of pyridine rings is 1. The van der Waals surface area contributed by atoms with Crippen LogP contribution in [0, 0.1) is 0 Å². The Hall–Kier alpha value is -2.11. The molecule has 0 fully saturated rings. The van der Waals surface area contributed by atoms with Crippen LogP contribution in [0.1, 0.15) is 21.6 Å². The predicted molar refractivity (Wildman–Crippen MR) is 86.6 cm³/mol. The van der Waals surface area contributed by atoms with Gasteiger partial charge >= 0.3 is 5.97 Å². The van der Waals surface area contributed by atoms with Crippen molar-refractivity contribution in [2.24, 2.45) is 0 Å². The van der Waals surface area contributed by atoms with Gasteiger partial charge < -0.3 is 9.84 Å². The quantitative estimate of drug-likeness (QED) is 0.860. The number of ether oxygens (including phenoxy) is 1. The number of hydrogen-bond donors (Lipinski definition) is 1. The zero-order valence-electron chi connectivity index (χ0n) is 12.2. The number of aromatic nitrogens is 1. The fourth-order valence-electron chi connectivity index (χ4n) is 2.11. The number of nitrogens with zero attached hydrogens (tertiary/aromatic N) is 1. The number of carboxylic acids is 1. The van der Waals surface area contributed by atoms with E-state index in [9.17, 15) is 9.59 Å². The zero-order valence-corrected chi connectivity index (χ0v) is 13.7. The van der Waals surface area contributed by atoms with Gasteiger partial charge in [0.1, 0.15) is 17.2 Å². The van der Waals surface area contributed by atoms with Gasteiger partial charge in [-0.25, -0.2) is 9.78 Å². The summed E-state index contributed by atoms with van der Waals surface area (Å²) < 4.78 is 5.20. The molecule has 0 aliphatic heterocycles. The molecule has 5 nitrogen and oxygen atoms in total. The van der Waals surface area contributed by atoms with E-state index in [1.54, 1.807) is 18.2 Å². The van der Waals surface area contributed by atoms with Crippen LogP contribution in [0.5, 0.6) is 5.75 Å². The molecule has 0 saturated carbocycles. The van der Waals surface area contributed by atoms with Gasteiger partial charge in [0, 0.05) is 29.6 Å². The van der Waals surface area contributed by atoms with Gasteiger partial charge in [-0.05, 0) is 29.8 Å². The molecule has 0 aliphatic carbocycles. The van der Waals surface area contributed by atoms with E-state index in [0.717, 1.165) is 0 Å². The summed E-state index contributed by atoms with van der Waals surface area (Å²) in [5.41, 5.74) is 0.927. The minimum absolute atomic E-state index is 0.00268. The first-order valence-corrected chi connectivity index (χ1v) is 7.38. The number of aromatic carboxylic acids is 1. The number of hydrogen-bond acceptors (Lipinski definition) is 4. The minimum Gasteiger partial charge on any atom is -0.496 e. The van der Waals surface area contributed by atoms with E-state index in [4.69, 9.17) is 33.0 Å². The standard InChI is InChI=1S/C16H13Cl2NO4/c1-23-15-3-2-11(17)4-10(15)6-12(20)5-9-7-14(16(21)22)19-8-13(9)18/h2-4,7-8H,5-6H2,1H3,(H,21,22). The van der Waals surface area contributed by atoms with Crippen LogP contribution in [0.4, 0.5) is 0 Å². The van der Waals surface area contributed by atoms with Gasteiger partial charge in [0.2, 0.25) is 0 Å². The van der Waals surface area contributed by atoms with Crippen molar-refractivity contribution in [3.63, 3.8) is 0 Å². The lowest BCUT2D eigenvalue weighted by Gasteiger charge is -2.09. The SMILES string of the molecule is COc1ccc(Cl)cc1CC(=O)Cc1cc(C(=O)O)ncc1Cl. The Morgan fingerprint density at radius 3 is 2.52 bits per heavy atom. The predicted octanol–water partition coefficient (Wildman–Crippen LogP) is 3.45. The average Bonchev–Trinajstić information content (AvgIpc) is 2.49. The summed E-state index contributed by atoms with van der Waals surface area (Å²) in [6, 6.07) is 6.33. The summed E-state index contributed by atoms with van der Waals surface area (Å²) in [5.74, 6) is -0.753. The molecular weight excluding hydrogens is 341 g/mol. The van der Waals surface area contributed by atoms with Crippen molar-refractivity contribution in [1.82, 2.24) is 4.98 Å². The number of methoxy groups -OCH3 is 1. The molecule has 0 bridgehead atoms. The van der Waals surface area contributed by atoms with Crippen LogP contribution >= 0.6 is 23.2 Å². The van der Waals surface area contributed by atoms with Gasteiger partial charge in [0.05, 0.1) is 12.1 Å². The first-order chi connectivity index (χ1) is 10.9. The normalized spacial score (nSPS) is 10.4. The Kier molecular flexibility index (Phi) is 5.58. The van der Waals surface area contributed by atoms with Crippen molar-refractivity contribution in [2.75, 3.05) is 7.11 Å². The molecule has 0 aliphatic rings. The fraction of sp³-hybridized carbons (Fsp3) is 0.188. The topological polar surface area (TPSA) is 76.5 Å². The van der Waals surface area contributed by atoms with Gasteiger partial charge in [-0.1, -0.05) is 23.2 Å². The Morgan fingerprint density at radius 1 is 1.17 bits per heavy atom. The zero-order chi connectivity index (χ0) is 17.0. The Balaban J connectivity index is 2.19. The van der Waals surface area contributed by atoms with Crippen LogP contribution in [-0.2, 0) is 17.6 Å². The first-order valence-electron chi connectivity index (χ1n) is 6.62. The number of benzene rings is 1. The Bertz CT molecular complexity index is 762. The van der Waals surface area contributed by atoms with Crippen molar-refractivity contribution < 1.29 is 19.4 Å². The lowest BCUT2D eigenvalue weighted by molar-refractivity contribution is -0.117. The summed E-state index contributed by atoms with van der Waals surface area (Å²) >= 11 is 11.9. The van der Waals surface area contributed by atoms with Crippen molar-refractivity contribution in [2.45, 2.75) is 12.8 Å². The molecule has 0 amide bonds. The smallest absolute Gasteiger partial charge is 0.354 e. The van der Waals surface area contributed by atoms with Gasteiger partial charge in [-0.15, -0.1) is 0 Å². The number of ketones is 1. The molecule has 1 N–H and O–H groups in total. The monoisotopic (exact) mass is 353 g/mol. The molecule has 2 aromatic rings. The molecule has 7 heteroatoms.